The molecule has 0 radical (unpaired) electrons. The number of hydrogen-bond donors (Lipinski definition) is 1. The number of primary amides is 1. The highest BCUT2D eigenvalue weighted by atomic mass is 32.2. The smallest absolute Gasteiger partial charge is 0.270 e. The number of sulfonamides is 1. The Kier molecular flexibility index (Phi) is 4.60. The molecule has 0 fully saturated rings. The van der Waals surface area contributed by atoms with Crippen LogP contribution in [0.2, 0.25) is 0 Å². The van der Waals surface area contributed by atoms with Gasteiger partial charge >= 0.3 is 0 Å². The van der Waals surface area contributed by atoms with Gasteiger partial charge in [0.1, 0.15) is 6.54 Å². The van der Waals surface area contributed by atoms with Crippen LogP contribution < -0.4 is 10.0 Å². The number of rotatable bonds is 6. The highest BCUT2D eigenvalue weighted by Crippen LogP contribution is 2.25. The lowest BCUT2D eigenvalue weighted by atomic mass is 10.3. The number of amides is 1. The van der Waals surface area contributed by atoms with Crippen molar-refractivity contribution in [2.24, 2.45) is 5.73 Å². The first-order valence-corrected chi connectivity index (χ1v) is 7.87. The third kappa shape index (κ3) is 3.64. The fraction of sp³-hybridized carbons (Fsp3) is 0.0714. The molecule has 0 spiro atoms. The number of hydrogen-bond acceptors (Lipinski definition) is 5. The van der Waals surface area contributed by atoms with Crippen molar-refractivity contribution >= 4 is 27.3 Å². The van der Waals surface area contributed by atoms with Gasteiger partial charge in [0.2, 0.25) is 5.91 Å². The Morgan fingerprint density at radius 3 is 2.35 bits per heavy atom. The third-order valence-electron chi connectivity index (χ3n) is 2.96. The zero-order valence-corrected chi connectivity index (χ0v) is 12.6. The molecule has 2 N–H and O–H groups in total. The number of benzene rings is 2. The van der Waals surface area contributed by atoms with E-state index in [1.54, 1.807) is 18.2 Å². The van der Waals surface area contributed by atoms with Crippen LogP contribution in [-0.2, 0) is 14.8 Å². The van der Waals surface area contributed by atoms with Crippen LogP contribution in [0.25, 0.3) is 0 Å². The minimum absolute atomic E-state index is 0.234. The topological polar surface area (TPSA) is 124 Å². The lowest BCUT2D eigenvalue weighted by Crippen LogP contribution is -2.38. The first-order valence-electron chi connectivity index (χ1n) is 6.43. The Bertz CT molecular complexity index is 837. The second-order valence-electron chi connectivity index (χ2n) is 4.57. The van der Waals surface area contributed by atoms with Gasteiger partial charge in [0.15, 0.2) is 0 Å². The number of nitrogens with zero attached hydrogens (tertiary/aromatic N) is 2. The Labute approximate surface area is 132 Å². The molecule has 0 atom stereocenters. The minimum Gasteiger partial charge on any atom is -0.368 e. The average molecular weight is 335 g/mol. The molecule has 0 aromatic heterocycles. The molecule has 2 aromatic rings. The van der Waals surface area contributed by atoms with Crippen molar-refractivity contribution in [3.63, 3.8) is 0 Å². The summed E-state index contributed by atoms with van der Waals surface area (Å²) in [5, 5.41) is 10.8. The summed E-state index contributed by atoms with van der Waals surface area (Å²) in [6, 6.07) is 12.5. The Morgan fingerprint density at radius 1 is 1.13 bits per heavy atom. The van der Waals surface area contributed by atoms with Crippen molar-refractivity contribution < 1.29 is 18.1 Å². The molecule has 23 heavy (non-hydrogen) atoms. The van der Waals surface area contributed by atoms with E-state index in [4.69, 9.17) is 5.73 Å². The van der Waals surface area contributed by atoms with Gasteiger partial charge in [0.25, 0.3) is 15.7 Å². The average Bonchev–Trinajstić information content (AvgIpc) is 2.53. The van der Waals surface area contributed by atoms with Crippen LogP contribution in [0.3, 0.4) is 0 Å². The fourth-order valence-electron chi connectivity index (χ4n) is 1.94. The van der Waals surface area contributed by atoms with Gasteiger partial charge in [-0.05, 0) is 18.2 Å². The van der Waals surface area contributed by atoms with Crippen molar-refractivity contribution in [1.29, 1.82) is 0 Å². The summed E-state index contributed by atoms with van der Waals surface area (Å²) in [5.41, 5.74) is 5.00. The zero-order valence-electron chi connectivity index (χ0n) is 11.8. The lowest BCUT2D eigenvalue weighted by molar-refractivity contribution is -0.385. The summed E-state index contributed by atoms with van der Waals surface area (Å²) in [7, 11) is -4.18. The summed E-state index contributed by atoms with van der Waals surface area (Å²) >= 11 is 0. The van der Waals surface area contributed by atoms with E-state index in [9.17, 15) is 23.3 Å². The van der Waals surface area contributed by atoms with Crippen LogP contribution in [-0.4, -0.2) is 25.8 Å². The normalized spacial score (nSPS) is 11.0. The van der Waals surface area contributed by atoms with Crippen molar-refractivity contribution in [3.05, 3.63) is 64.7 Å². The summed E-state index contributed by atoms with van der Waals surface area (Å²) in [6.45, 7) is -0.574. The molecule has 1 amide bonds. The maximum atomic E-state index is 12.7. The molecule has 0 unspecified atom stereocenters. The SMILES string of the molecule is NC(=O)CN(c1ccccc1)S(=O)(=O)c1cccc([N+](=O)[O-])c1. The van der Waals surface area contributed by atoms with Crippen LogP contribution in [0.1, 0.15) is 0 Å². The first kappa shape index (κ1) is 16.4. The summed E-state index contributed by atoms with van der Waals surface area (Å²) < 4.78 is 26.3. The molecule has 9 heteroatoms. The van der Waals surface area contributed by atoms with E-state index in [-0.39, 0.29) is 16.3 Å². The first-order chi connectivity index (χ1) is 10.8. The second-order valence-corrected chi connectivity index (χ2v) is 6.43. The molecule has 0 heterocycles. The molecule has 0 aliphatic heterocycles. The lowest BCUT2D eigenvalue weighted by Gasteiger charge is -2.23. The number of anilines is 1. The van der Waals surface area contributed by atoms with Crippen molar-refractivity contribution in [2.45, 2.75) is 4.90 Å². The van der Waals surface area contributed by atoms with E-state index in [0.717, 1.165) is 10.4 Å². The second kappa shape index (κ2) is 6.44. The summed E-state index contributed by atoms with van der Waals surface area (Å²) in [4.78, 5) is 21.1. The molecule has 2 rings (SSSR count). The van der Waals surface area contributed by atoms with Gasteiger partial charge in [0.05, 0.1) is 15.5 Å². The predicted molar refractivity (Wildman–Crippen MR) is 83.3 cm³/mol. The molecule has 0 bridgehead atoms. The molecule has 0 aliphatic rings. The van der Waals surface area contributed by atoms with Gasteiger partial charge in [-0.1, -0.05) is 24.3 Å². The number of carbonyl (C=O) groups is 1. The molecule has 8 nitrogen and oxygen atoms in total. The minimum atomic E-state index is -4.18. The number of nitro groups is 1. The van der Waals surface area contributed by atoms with Crippen LogP contribution in [0.4, 0.5) is 11.4 Å². The van der Waals surface area contributed by atoms with Crippen LogP contribution in [0.5, 0.6) is 0 Å². The standard InChI is InChI=1S/C14H13N3O5S/c15-14(18)10-16(11-5-2-1-3-6-11)23(21,22)13-8-4-7-12(9-13)17(19)20/h1-9H,10H2,(H2,15,18). The molecular formula is C14H13N3O5S. The number of carbonyl (C=O) groups excluding carboxylic acids is 1. The number of nitrogens with two attached hydrogens (primary N) is 1. The van der Waals surface area contributed by atoms with Gasteiger partial charge < -0.3 is 5.73 Å². The number of nitro benzene ring substituents is 1. The quantitative estimate of drug-likeness (QED) is 0.629. The Balaban J connectivity index is 2.54. The highest BCUT2D eigenvalue weighted by Gasteiger charge is 2.27. The van der Waals surface area contributed by atoms with Gasteiger partial charge in [-0.15, -0.1) is 0 Å². The van der Waals surface area contributed by atoms with E-state index in [0.29, 0.717) is 0 Å². The molecule has 0 saturated heterocycles. The maximum absolute atomic E-state index is 12.7. The van der Waals surface area contributed by atoms with E-state index in [2.05, 4.69) is 0 Å². The molecule has 2 aromatic carbocycles. The number of non-ortho nitro benzene ring substituents is 1. The van der Waals surface area contributed by atoms with Gasteiger partial charge in [-0.2, -0.15) is 0 Å². The Hall–Kier alpha value is -2.94. The largest absolute Gasteiger partial charge is 0.368 e. The van der Waals surface area contributed by atoms with Crippen molar-refractivity contribution in [2.75, 3.05) is 10.8 Å². The van der Waals surface area contributed by atoms with Gasteiger partial charge in [-0.3, -0.25) is 19.2 Å². The third-order valence-corrected chi connectivity index (χ3v) is 4.73. The van der Waals surface area contributed by atoms with Crippen molar-refractivity contribution in [1.82, 2.24) is 0 Å². The fourth-order valence-corrected chi connectivity index (χ4v) is 3.41. The van der Waals surface area contributed by atoms with E-state index < -0.39 is 27.4 Å². The summed E-state index contributed by atoms with van der Waals surface area (Å²) in [5.74, 6) is -0.845. The molecule has 120 valence electrons. The predicted octanol–water partition coefficient (Wildman–Crippen LogP) is 1.28. The van der Waals surface area contributed by atoms with E-state index >= 15 is 0 Å². The van der Waals surface area contributed by atoms with Crippen LogP contribution in [0, 0.1) is 10.1 Å². The van der Waals surface area contributed by atoms with Crippen molar-refractivity contribution in [3.8, 4) is 0 Å². The molecular weight excluding hydrogens is 322 g/mol. The van der Waals surface area contributed by atoms with E-state index in [1.807, 2.05) is 0 Å². The number of para-hydroxylation sites is 1. The Morgan fingerprint density at radius 2 is 1.78 bits per heavy atom. The monoisotopic (exact) mass is 335 g/mol. The van der Waals surface area contributed by atoms with Gasteiger partial charge in [-0.25, -0.2) is 8.42 Å². The zero-order chi connectivity index (χ0) is 17.0. The summed E-state index contributed by atoms with van der Waals surface area (Å²) in [6.07, 6.45) is 0. The highest BCUT2D eigenvalue weighted by molar-refractivity contribution is 7.92. The maximum Gasteiger partial charge on any atom is 0.270 e. The van der Waals surface area contributed by atoms with Crippen LogP contribution >= 0.6 is 0 Å². The van der Waals surface area contributed by atoms with Gasteiger partial charge in [0, 0.05) is 12.1 Å². The molecule has 0 aliphatic carbocycles. The van der Waals surface area contributed by atoms with E-state index in [1.165, 1.54) is 30.3 Å². The molecule has 0 saturated carbocycles. The van der Waals surface area contributed by atoms with Crippen LogP contribution in [0.15, 0.2) is 59.5 Å².